The summed E-state index contributed by atoms with van der Waals surface area (Å²) < 4.78 is 7.57. The van der Waals surface area contributed by atoms with Gasteiger partial charge in [0, 0.05) is 49.4 Å². The SMILES string of the molecule is c1ccc(-c2cccc(-n3c4ccccc4c4c3c([Si](c3ccccc3)(c3ccccc3)c3ccccc3)cc3c5ccccc5n(-c5ccc6c(c5)c5ccccc5n6-c5ccccc5)c34)c2)cc1. The van der Waals surface area contributed by atoms with Gasteiger partial charge in [0.1, 0.15) is 0 Å². The molecule has 0 atom stereocenters. The van der Waals surface area contributed by atoms with Crippen molar-refractivity contribution in [2.75, 3.05) is 0 Å². The van der Waals surface area contributed by atoms with E-state index in [0.717, 1.165) is 17.1 Å². The van der Waals surface area contributed by atoms with Gasteiger partial charge >= 0.3 is 0 Å². The normalized spacial score (nSPS) is 12.0. The molecule has 14 aromatic rings. The van der Waals surface area contributed by atoms with Crippen LogP contribution in [0.4, 0.5) is 0 Å². The Hall–Kier alpha value is -8.96. The second-order valence-corrected chi connectivity index (χ2v) is 22.2. The van der Waals surface area contributed by atoms with Crippen LogP contribution in [0.5, 0.6) is 0 Å². The van der Waals surface area contributed by atoms with Gasteiger partial charge in [0.15, 0.2) is 8.07 Å². The predicted molar refractivity (Wildman–Crippen MR) is 299 cm³/mol. The van der Waals surface area contributed by atoms with Gasteiger partial charge in [-0.05, 0) is 98.6 Å². The minimum absolute atomic E-state index is 1.13. The highest BCUT2D eigenvalue weighted by molar-refractivity contribution is 7.20. The van der Waals surface area contributed by atoms with E-state index in [1.54, 1.807) is 0 Å². The lowest BCUT2D eigenvalue weighted by Crippen LogP contribution is -2.75. The van der Waals surface area contributed by atoms with Crippen LogP contribution in [0, 0.1) is 0 Å². The van der Waals surface area contributed by atoms with Crippen LogP contribution in [-0.2, 0) is 0 Å². The quantitative estimate of drug-likeness (QED) is 0.107. The average molecular weight is 908 g/mol. The second-order valence-electron chi connectivity index (χ2n) is 18.4. The van der Waals surface area contributed by atoms with Crippen molar-refractivity contribution in [2.24, 2.45) is 0 Å². The fraction of sp³-hybridized carbons (Fsp3) is 0. The Morgan fingerprint density at radius 3 is 1.29 bits per heavy atom. The average Bonchev–Trinajstić information content (AvgIpc) is 4.09. The van der Waals surface area contributed by atoms with Gasteiger partial charge in [0.05, 0.1) is 33.1 Å². The molecule has 70 heavy (non-hydrogen) atoms. The molecular weight excluding hydrogens is 863 g/mol. The van der Waals surface area contributed by atoms with Crippen LogP contribution in [0.3, 0.4) is 0 Å². The van der Waals surface area contributed by atoms with Gasteiger partial charge in [-0.25, -0.2) is 0 Å². The molecule has 0 unspecified atom stereocenters. The van der Waals surface area contributed by atoms with E-state index in [1.807, 2.05) is 0 Å². The monoisotopic (exact) mass is 907 g/mol. The topological polar surface area (TPSA) is 14.8 Å². The number of nitrogens with zero attached hydrogens (tertiary/aromatic N) is 3. The first kappa shape index (κ1) is 40.1. The zero-order valence-electron chi connectivity index (χ0n) is 38.3. The third-order valence-electron chi connectivity index (χ3n) is 14.7. The number of aromatic nitrogens is 3. The first-order valence-electron chi connectivity index (χ1n) is 24.2. The number of benzene rings is 11. The van der Waals surface area contributed by atoms with E-state index < -0.39 is 8.07 Å². The molecule has 0 spiro atoms. The van der Waals surface area contributed by atoms with Gasteiger partial charge in [0.2, 0.25) is 0 Å². The Labute approximate surface area is 407 Å². The highest BCUT2D eigenvalue weighted by Crippen LogP contribution is 2.44. The summed E-state index contributed by atoms with van der Waals surface area (Å²) in [5.41, 5.74) is 12.9. The van der Waals surface area contributed by atoms with Crippen molar-refractivity contribution in [2.45, 2.75) is 0 Å². The summed E-state index contributed by atoms with van der Waals surface area (Å²) in [5, 5.41) is 12.8. The zero-order chi connectivity index (χ0) is 46.2. The van der Waals surface area contributed by atoms with Crippen LogP contribution in [0.2, 0.25) is 0 Å². The molecule has 14 rings (SSSR count). The van der Waals surface area contributed by atoms with Crippen LogP contribution in [0.1, 0.15) is 0 Å². The van der Waals surface area contributed by atoms with Crippen LogP contribution in [-0.4, -0.2) is 21.8 Å². The second kappa shape index (κ2) is 16.1. The molecule has 0 aliphatic carbocycles. The molecule has 0 aliphatic heterocycles. The molecule has 0 fully saturated rings. The van der Waals surface area contributed by atoms with Crippen LogP contribution in [0.25, 0.3) is 93.6 Å². The van der Waals surface area contributed by atoms with Crippen molar-refractivity contribution in [3.05, 3.63) is 273 Å². The molecule has 0 bridgehead atoms. The molecule has 0 N–H and O–H groups in total. The maximum Gasteiger partial charge on any atom is 0.181 e. The van der Waals surface area contributed by atoms with Crippen molar-refractivity contribution in [1.82, 2.24) is 13.7 Å². The van der Waals surface area contributed by atoms with Gasteiger partial charge < -0.3 is 13.7 Å². The van der Waals surface area contributed by atoms with E-state index in [4.69, 9.17) is 0 Å². The minimum atomic E-state index is -3.17. The minimum Gasteiger partial charge on any atom is -0.309 e. The number of para-hydroxylation sites is 4. The fourth-order valence-corrected chi connectivity index (χ4v) is 16.8. The van der Waals surface area contributed by atoms with Crippen LogP contribution < -0.4 is 20.7 Å². The standard InChI is InChI=1S/C66H45N3Si/c1-6-23-46(24-7-1)47-25-22-28-49(43-47)69-61-40-21-18-37-56(61)64-65-58(45-63(66(64)69)70(51-29-10-3-11-30-51,52-31-12-4-13-32-52)53-33-14-5-15-34-53)55-36-17-20-39-60(55)68(65)50-41-42-62-57(44-50)54-35-16-19-38-59(54)67(62)48-26-8-2-9-27-48/h1-45H. The van der Waals surface area contributed by atoms with Crippen molar-refractivity contribution < 1.29 is 0 Å². The van der Waals surface area contributed by atoms with Gasteiger partial charge in [-0.3, -0.25) is 0 Å². The molecule has 3 heterocycles. The number of rotatable bonds is 8. The molecule has 0 saturated carbocycles. The van der Waals surface area contributed by atoms with E-state index in [2.05, 4.69) is 287 Å². The number of hydrogen-bond donors (Lipinski definition) is 0. The molecule has 3 nitrogen and oxygen atoms in total. The van der Waals surface area contributed by atoms with E-state index in [9.17, 15) is 0 Å². The summed E-state index contributed by atoms with van der Waals surface area (Å²) in [6.07, 6.45) is 0. The third kappa shape index (κ3) is 5.94. The van der Waals surface area contributed by atoms with Crippen LogP contribution >= 0.6 is 0 Å². The van der Waals surface area contributed by atoms with E-state index in [0.29, 0.717) is 0 Å². The molecular formula is C66H45N3Si. The molecule has 4 heteroatoms. The van der Waals surface area contributed by atoms with Crippen LogP contribution in [0.15, 0.2) is 273 Å². The highest BCUT2D eigenvalue weighted by atomic mass is 28.3. The predicted octanol–water partition coefficient (Wildman–Crippen LogP) is 14.0. The van der Waals surface area contributed by atoms with Crippen molar-refractivity contribution in [1.29, 1.82) is 0 Å². The first-order chi connectivity index (χ1) is 34.8. The summed E-state index contributed by atoms with van der Waals surface area (Å²) in [7, 11) is -3.17. The summed E-state index contributed by atoms with van der Waals surface area (Å²) in [6, 6.07) is 102. The van der Waals surface area contributed by atoms with Crippen molar-refractivity contribution >= 4 is 94.2 Å². The molecule has 0 aliphatic rings. The molecule has 0 radical (unpaired) electrons. The maximum absolute atomic E-state index is 3.17. The Kier molecular flexibility index (Phi) is 9.23. The Balaban J connectivity index is 1.20. The third-order valence-corrected chi connectivity index (χ3v) is 19.5. The fourth-order valence-electron chi connectivity index (χ4n) is 11.9. The van der Waals surface area contributed by atoms with E-state index in [-0.39, 0.29) is 0 Å². The van der Waals surface area contributed by atoms with Gasteiger partial charge in [-0.1, -0.05) is 206 Å². The Morgan fingerprint density at radius 1 is 0.243 bits per heavy atom. The highest BCUT2D eigenvalue weighted by Gasteiger charge is 2.44. The molecule has 328 valence electrons. The first-order valence-corrected chi connectivity index (χ1v) is 26.2. The zero-order valence-corrected chi connectivity index (χ0v) is 39.3. The van der Waals surface area contributed by atoms with Gasteiger partial charge in [0.25, 0.3) is 0 Å². The molecule has 0 amide bonds. The van der Waals surface area contributed by atoms with Crippen molar-refractivity contribution in [3.63, 3.8) is 0 Å². The Morgan fingerprint density at radius 2 is 0.671 bits per heavy atom. The van der Waals surface area contributed by atoms with E-state index in [1.165, 1.54) is 97.3 Å². The maximum atomic E-state index is 2.62. The van der Waals surface area contributed by atoms with Crippen molar-refractivity contribution in [3.8, 4) is 28.2 Å². The largest absolute Gasteiger partial charge is 0.309 e. The van der Waals surface area contributed by atoms with E-state index >= 15 is 0 Å². The molecule has 11 aromatic carbocycles. The lowest BCUT2D eigenvalue weighted by Gasteiger charge is -2.35. The number of fused-ring (bicyclic) bond motifs is 10. The number of hydrogen-bond acceptors (Lipinski definition) is 0. The lowest BCUT2D eigenvalue weighted by molar-refractivity contribution is 1.17. The molecule has 3 aromatic heterocycles. The molecule has 0 saturated heterocycles. The smallest absolute Gasteiger partial charge is 0.181 e. The summed E-state index contributed by atoms with van der Waals surface area (Å²) in [4.78, 5) is 0. The Bertz CT molecular complexity index is 4170. The van der Waals surface area contributed by atoms with Gasteiger partial charge in [-0.15, -0.1) is 0 Å². The lowest BCUT2D eigenvalue weighted by atomic mass is 10.1. The summed E-state index contributed by atoms with van der Waals surface area (Å²) in [6.45, 7) is 0. The summed E-state index contributed by atoms with van der Waals surface area (Å²) in [5.74, 6) is 0. The van der Waals surface area contributed by atoms with Gasteiger partial charge in [-0.2, -0.15) is 0 Å². The summed E-state index contributed by atoms with van der Waals surface area (Å²) >= 11 is 0.